The molecule has 17 heavy (non-hydrogen) atoms. The largest absolute Gasteiger partial charge is 0.311 e. The molecule has 3 heteroatoms. The van der Waals surface area contributed by atoms with Gasteiger partial charge in [-0.1, -0.05) is 25.1 Å². The van der Waals surface area contributed by atoms with E-state index in [2.05, 4.69) is 6.07 Å². The number of rotatable bonds is 3. The number of nitrogens with zero attached hydrogens (tertiary/aromatic N) is 1. The third kappa shape index (κ3) is 2.54. The first kappa shape index (κ1) is 11.8. The number of hydrogen-bond acceptors (Lipinski definition) is 2. The second-order valence-electron chi connectivity index (χ2n) is 4.60. The summed E-state index contributed by atoms with van der Waals surface area (Å²) in [5.74, 6) is 0.00811. The second-order valence-corrected chi connectivity index (χ2v) is 4.60. The van der Waals surface area contributed by atoms with E-state index in [9.17, 15) is 9.59 Å². The Balaban J connectivity index is 2.33. The van der Waals surface area contributed by atoms with E-state index in [4.69, 9.17) is 0 Å². The Morgan fingerprint density at radius 3 is 2.88 bits per heavy atom. The highest BCUT2D eigenvalue weighted by atomic mass is 16.2. The Morgan fingerprint density at radius 1 is 1.35 bits per heavy atom. The van der Waals surface area contributed by atoms with Crippen molar-refractivity contribution in [3.8, 4) is 0 Å². The molecule has 0 bridgehead atoms. The molecule has 0 aliphatic carbocycles. The lowest BCUT2D eigenvalue weighted by molar-refractivity contribution is -0.118. The molecule has 0 fully saturated rings. The van der Waals surface area contributed by atoms with Crippen LogP contribution in [-0.2, 0) is 16.0 Å². The maximum Gasteiger partial charge on any atom is 0.227 e. The van der Waals surface area contributed by atoms with Crippen molar-refractivity contribution in [3.63, 3.8) is 0 Å². The van der Waals surface area contributed by atoms with Crippen LogP contribution in [0, 0.1) is 5.92 Å². The van der Waals surface area contributed by atoms with Crippen molar-refractivity contribution in [1.29, 1.82) is 0 Å². The number of benzene rings is 1. The fourth-order valence-corrected chi connectivity index (χ4v) is 2.22. The number of hydrogen-bond donors (Lipinski definition) is 0. The Morgan fingerprint density at radius 2 is 2.12 bits per heavy atom. The van der Waals surface area contributed by atoms with Gasteiger partial charge in [0.05, 0.1) is 0 Å². The number of para-hydroxylation sites is 1. The Labute approximate surface area is 101 Å². The molecule has 1 unspecified atom stereocenters. The topological polar surface area (TPSA) is 37.4 Å². The summed E-state index contributed by atoms with van der Waals surface area (Å²) >= 11 is 0. The van der Waals surface area contributed by atoms with Crippen LogP contribution in [0.5, 0.6) is 0 Å². The molecule has 1 amide bonds. The van der Waals surface area contributed by atoms with E-state index in [1.165, 1.54) is 5.56 Å². The van der Waals surface area contributed by atoms with Crippen LogP contribution in [-0.4, -0.2) is 18.7 Å². The first-order valence-corrected chi connectivity index (χ1v) is 6.06. The van der Waals surface area contributed by atoms with Gasteiger partial charge in [-0.2, -0.15) is 0 Å². The van der Waals surface area contributed by atoms with Crippen molar-refractivity contribution in [3.05, 3.63) is 29.8 Å². The summed E-state index contributed by atoms with van der Waals surface area (Å²) in [5, 5.41) is 0. The number of anilines is 1. The van der Waals surface area contributed by atoms with Gasteiger partial charge in [0.15, 0.2) is 0 Å². The summed E-state index contributed by atoms with van der Waals surface area (Å²) in [6, 6.07) is 7.97. The van der Waals surface area contributed by atoms with E-state index in [0.29, 0.717) is 13.0 Å². The Kier molecular flexibility index (Phi) is 3.57. The van der Waals surface area contributed by atoms with Crippen LogP contribution < -0.4 is 4.90 Å². The van der Waals surface area contributed by atoms with Gasteiger partial charge in [0.2, 0.25) is 5.91 Å². The number of aryl methyl sites for hydroxylation is 1. The van der Waals surface area contributed by atoms with Crippen molar-refractivity contribution < 1.29 is 9.59 Å². The number of aldehydes is 1. The van der Waals surface area contributed by atoms with Crippen LogP contribution in [0.25, 0.3) is 0 Å². The van der Waals surface area contributed by atoms with Gasteiger partial charge in [-0.05, 0) is 24.5 Å². The van der Waals surface area contributed by atoms with Gasteiger partial charge in [-0.25, -0.2) is 0 Å². The number of fused-ring (bicyclic) bond motifs is 1. The van der Waals surface area contributed by atoms with Gasteiger partial charge in [-0.3, -0.25) is 4.79 Å². The number of amides is 1. The molecular weight excluding hydrogens is 214 g/mol. The smallest absolute Gasteiger partial charge is 0.227 e. The molecule has 1 atom stereocenters. The van der Waals surface area contributed by atoms with Crippen molar-refractivity contribution in [2.24, 2.45) is 5.92 Å². The van der Waals surface area contributed by atoms with Crippen molar-refractivity contribution in [2.75, 3.05) is 11.4 Å². The fraction of sp³-hybridized carbons (Fsp3) is 0.429. The summed E-state index contributed by atoms with van der Waals surface area (Å²) < 4.78 is 0. The molecule has 0 saturated heterocycles. The molecule has 1 aliphatic rings. The van der Waals surface area contributed by atoms with Gasteiger partial charge < -0.3 is 9.69 Å². The summed E-state index contributed by atoms with van der Waals surface area (Å²) in [6.07, 6.45) is 3.30. The van der Waals surface area contributed by atoms with E-state index in [-0.39, 0.29) is 11.8 Å². The minimum Gasteiger partial charge on any atom is -0.311 e. The second kappa shape index (κ2) is 5.13. The van der Waals surface area contributed by atoms with Crippen LogP contribution in [0.3, 0.4) is 0 Å². The maximum absolute atomic E-state index is 12.0. The van der Waals surface area contributed by atoms with Crippen molar-refractivity contribution >= 4 is 17.9 Å². The summed E-state index contributed by atoms with van der Waals surface area (Å²) in [4.78, 5) is 24.5. The van der Waals surface area contributed by atoms with E-state index in [1.807, 2.05) is 25.1 Å². The van der Waals surface area contributed by atoms with Crippen LogP contribution in [0.4, 0.5) is 5.69 Å². The molecular formula is C14H17NO2. The van der Waals surface area contributed by atoms with Crippen molar-refractivity contribution in [1.82, 2.24) is 0 Å². The minimum absolute atomic E-state index is 0.120. The first-order chi connectivity index (χ1) is 8.22. The van der Waals surface area contributed by atoms with Crippen molar-refractivity contribution in [2.45, 2.75) is 26.2 Å². The molecule has 2 rings (SSSR count). The van der Waals surface area contributed by atoms with Gasteiger partial charge in [-0.15, -0.1) is 0 Å². The van der Waals surface area contributed by atoms with Gasteiger partial charge in [0, 0.05) is 24.6 Å². The van der Waals surface area contributed by atoms with E-state index in [0.717, 1.165) is 24.8 Å². The summed E-state index contributed by atoms with van der Waals surface area (Å²) in [7, 11) is 0. The van der Waals surface area contributed by atoms with Crippen LogP contribution in [0.1, 0.15) is 25.3 Å². The van der Waals surface area contributed by atoms with E-state index in [1.54, 1.807) is 4.90 Å². The Hall–Kier alpha value is -1.64. The lowest BCUT2D eigenvalue weighted by Crippen LogP contribution is -2.34. The summed E-state index contributed by atoms with van der Waals surface area (Å²) in [5.41, 5.74) is 2.18. The van der Waals surface area contributed by atoms with Crippen LogP contribution in [0.2, 0.25) is 0 Å². The highest BCUT2D eigenvalue weighted by molar-refractivity contribution is 5.95. The van der Waals surface area contributed by atoms with Crippen LogP contribution >= 0.6 is 0 Å². The first-order valence-electron chi connectivity index (χ1n) is 6.06. The molecule has 0 spiro atoms. The van der Waals surface area contributed by atoms with Gasteiger partial charge in [0.25, 0.3) is 0 Å². The highest BCUT2D eigenvalue weighted by Crippen LogP contribution is 2.27. The third-order valence-corrected chi connectivity index (χ3v) is 3.12. The molecule has 90 valence electrons. The van der Waals surface area contributed by atoms with Crippen LogP contribution in [0.15, 0.2) is 24.3 Å². The molecule has 0 saturated carbocycles. The predicted octanol–water partition coefficient (Wildman–Crippen LogP) is 2.19. The quantitative estimate of drug-likeness (QED) is 0.748. The molecule has 1 aliphatic heterocycles. The zero-order chi connectivity index (χ0) is 12.3. The zero-order valence-corrected chi connectivity index (χ0v) is 10.1. The molecule has 0 radical (unpaired) electrons. The lowest BCUT2D eigenvalue weighted by atomic mass is 10.1. The van der Waals surface area contributed by atoms with Gasteiger partial charge >= 0.3 is 0 Å². The fourth-order valence-electron chi connectivity index (χ4n) is 2.22. The highest BCUT2D eigenvalue weighted by Gasteiger charge is 2.22. The normalized spacial score (nSPS) is 17.2. The van der Waals surface area contributed by atoms with E-state index < -0.39 is 0 Å². The SMILES string of the molecule is CC(C=O)CN1C(=O)CCCc2ccccc21. The average Bonchev–Trinajstić information content (AvgIpc) is 2.50. The standard InChI is InChI=1S/C14H17NO2/c1-11(10-16)9-15-13-7-3-2-5-12(13)6-4-8-14(15)17/h2-3,5,7,10-11H,4,6,8-9H2,1H3. The summed E-state index contributed by atoms with van der Waals surface area (Å²) in [6.45, 7) is 2.33. The third-order valence-electron chi connectivity index (χ3n) is 3.12. The molecule has 1 aromatic rings. The molecule has 0 aromatic heterocycles. The maximum atomic E-state index is 12.0. The Bertz CT molecular complexity index is 428. The monoisotopic (exact) mass is 231 g/mol. The molecule has 0 N–H and O–H groups in total. The predicted molar refractivity (Wildman–Crippen MR) is 67.0 cm³/mol. The van der Waals surface area contributed by atoms with E-state index >= 15 is 0 Å². The number of carbonyl (C=O) groups is 2. The minimum atomic E-state index is -0.120. The zero-order valence-electron chi connectivity index (χ0n) is 10.1. The molecule has 3 nitrogen and oxygen atoms in total. The molecule has 1 heterocycles. The van der Waals surface area contributed by atoms with Gasteiger partial charge in [0.1, 0.15) is 6.29 Å². The average molecular weight is 231 g/mol. The number of carbonyl (C=O) groups excluding carboxylic acids is 2. The molecule has 1 aromatic carbocycles. The lowest BCUT2D eigenvalue weighted by Gasteiger charge is -2.24.